The molecule has 0 aromatic carbocycles. The van der Waals surface area contributed by atoms with Crippen LogP contribution in [0.3, 0.4) is 0 Å². The first-order chi connectivity index (χ1) is 13.8. The summed E-state index contributed by atoms with van der Waals surface area (Å²) >= 11 is 1.91. The topological polar surface area (TPSA) is 55.8 Å². The summed E-state index contributed by atoms with van der Waals surface area (Å²) in [5, 5.41) is 0. The van der Waals surface area contributed by atoms with Crippen molar-refractivity contribution >= 4 is 19.6 Å². The lowest BCUT2D eigenvalue weighted by molar-refractivity contribution is -0.870. The van der Waals surface area contributed by atoms with Gasteiger partial charge in [-0.25, -0.2) is 4.57 Å². The Labute approximate surface area is 185 Å². The quantitative estimate of drug-likeness (QED) is 0.113. The monoisotopic (exact) mass is 454 g/mol. The van der Waals surface area contributed by atoms with Crippen LogP contribution < -0.4 is 0 Å². The van der Waals surface area contributed by atoms with E-state index in [1.54, 1.807) is 0 Å². The van der Waals surface area contributed by atoms with Crippen LogP contribution in [0.1, 0.15) is 90.4 Å². The highest BCUT2D eigenvalue weighted by molar-refractivity contribution is 7.99. The molecule has 0 amide bonds. The van der Waals surface area contributed by atoms with Crippen LogP contribution in [0.2, 0.25) is 0 Å². The maximum absolute atomic E-state index is 11.8. The van der Waals surface area contributed by atoms with Crippen molar-refractivity contribution in [2.45, 2.75) is 90.4 Å². The second kappa shape index (κ2) is 19.1. The summed E-state index contributed by atoms with van der Waals surface area (Å²) < 4.78 is 22.5. The van der Waals surface area contributed by atoms with Gasteiger partial charge in [0.05, 0.1) is 27.7 Å². The van der Waals surface area contributed by atoms with Gasteiger partial charge in [0.15, 0.2) is 0 Å². The number of quaternary nitrogens is 1. The molecule has 0 heterocycles. The van der Waals surface area contributed by atoms with Crippen molar-refractivity contribution in [1.82, 2.24) is 0 Å². The molecule has 1 N–H and O–H groups in total. The second-order valence-corrected chi connectivity index (χ2v) is 11.7. The number of nitrogens with zero attached hydrogens (tertiary/aromatic N) is 1. The van der Waals surface area contributed by atoms with Crippen molar-refractivity contribution in [2.75, 3.05) is 52.4 Å². The molecule has 0 spiro atoms. The van der Waals surface area contributed by atoms with Gasteiger partial charge >= 0.3 is 7.82 Å². The molecule has 29 heavy (non-hydrogen) atoms. The number of phosphoric ester groups is 1. The molecule has 0 aromatic rings. The Kier molecular flexibility index (Phi) is 19.4. The van der Waals surface area contributed by atoms with E-state index in [9.17, 15) is 9.46 Å². The van der Waals surface area contributed by atoms with E-state index in [1.165, 1.54) is 82.8 Å². The Balaban J connectivity index is 3.28. The van der Waals surface area contributed by atoms with Gasteiger partial charge in [-0.2, -0.15) is 11.8 Å². The van der Waals surface area contributed by atoms with Gasteiger partial charge in [0.25, 0.3) is 0 Å². The Hall–Kier alpha value is 0.420. The van der Waals surface area contributed by atoms with Gasteiger partial charge in [-0.05, 0) is 24.3 Å². The van der Waals surface area contributed by atoms with Crippen molar-refractivity contribution in [3.63, 3.8) is 0 Å². The summed E-state index contributed by atoms with van der Waals surface area (Å²) in [6.07, 6.45) is 17.4. The number of unbranched alkanes of at least 4 members (excludes halogenated alkanes) is 11. The van der Waals surface area contributed by atoms with Crippen LogP contribution >= 0.6 is 19.6 Å². The molecule has 0 fully saturated rings. The average molecular weight is 455 g/mol. The van der Waals surface area contributed by atoms with Crippen molar-refractivity contribution in [3.05, 3.63) is 0 Å². The fraction of sp³-hybridized carbons (Fsp3) is 1.00. The van der Waals surface area contributed by atoms with E-state index in [1.807, 2.05) is 32.9 Å². The van der Waals surface area contributed by atoms with Gasteiger partial charge in [-0.1, -0.05) is 77.6 Å². The van der Waals surface area contributed by atoms with Gasteiger partial charge in [-0.3, -0.25) is 9.05 Å². The lowest BCUT2D eigenvalue weighted by Gasteiger charge is -2.24. The molecule has 0 aromatic heterocycles. The molecule has 0 aliphatic heterocycles. The smallest absolute Gasteiger partial charge is 0.329 e. The molecular formula is C22H49NO4PS+. The first-order valence-electron chi connectivity index (χ1n) is 11.8. The molecule has 0 radical (unpaired) electrons. The molecular weight excluding hydrogens is 405 g/mol. The van der Waals surface area contributed by atoms with Crippen LogP contribution in [0.4, 0.5) is 0 Å². The molecule has 0 bridgehead atoms. The SMILES string of the molecule is CCCCCCCCCCCCCCSCCCOP(=O)(O)OCC[N+](C)(C)C. The first kappa shape index (κ1) is 29.4. The number of phosphoric acid groups is 1. The molecule has 0 rings (SSSR count). The fourth-order valence-corrected chi connectivity index (χ4v) is 4.64. The zero-order chi connectivity index (χ0) is 21.8. The Morgan fingerprint density at radius 3 is 1.69 bits per heavy atom. The third kappa shape index (κ3) is 24.6. The average Bonchev–Trinajstić information content (AvgIpc) is 2.63. The largest absolute Gasteiger partial charge is 0.472 e. The molecule has 0 saturated carbocycles. The lowest BCUT2D eigenvalue weighted by Crippen LogP contribution is -2.37. The van der Waals surface area contributed by atoms with E-state index in [-0.39, 0.29) is 13.2 Å². The number of hydrogen-bond donors (Lipinski definition) is 1. The fourth-order valence-electron chi connectivity index (χ4n) is 2.96. The van der Waals surface area contributed by atoms with E-state index < -0.39 is 7.82 Å². The maximum atomic E-state index is 11.8. The Morgan fingerprint density at radius 1 is 0.724 bits per heavy atom. The van der Waals surface area contributed by atoms with E-state index in [2.05, 4.69) is 6.92 Å². The summed E-state index contributed by atoms with van der Waals surface area (Å²) in [6, 6.07) is 0. The first-order valence-corrected chi connectivity index (χ1v) is 14.4. The maximum Gasteiger partial charge on any atom is 0.472 e. The van der Waals surface area contributed by atoms with E-state index in [0.29, 0.717) is 11.0 Å². The van der Waals surface area contributed by atoms with Crippen LogP contribution in [0, 0.1) is 0 Å². The third-order valence-corrected chi connectivity index (χ3v) is 7.02. The molecule has 5 nitrogen and oxygen atoms in total. The summed E-state index contributed by atoms with van der Waals surface area (Å²) in [5.41, 5.74) is 0. The zero-order valence-electron chi connectivity index (χ0n) is 19.7. The molecule has 0 aliphatic carbocycles. The number of thioether (sulfide) groups is 1. The van der Waals surface area contributed by atoms with Crippen LogP contribution in [0.5, 0.6) is 0 Å². The molecule has 1 unspecified atom stereocenters. The third-order valence-electron chi connectivity index (χ3n) is 4.85. The predicted octanol–water partition coefficient (Wildman–Crippen LogP) is 6.65. The van der Waals surface area contributed by atoms with Crippen molar-refractivity contribution in [3.8, 4) is 0 Å². The van der Waals surface area contributed by atoms with Gasteiger partial charge in [0.2, 0.25) is 0 Å². The highest BCUT2D eigenvalue weighted by Gasteiger charge is 2.21. The van der Waals surface area contributed by atoms with Gasteiger partial charge in [0, 0.05) is 0 Å². The highest BCUT2D eigenvalue weighted by atomic mass is 32.2. The van der Waals surface area contributed by atoms with Crippen LogP contribution in [0.25, 0.3) is 0 Å². The van der Waals surface area contributed by atoms with Crippen molar-refractivity contribution in [2.24, 2.45) is 0 Å². The van der Waals surface area contributed by atoms with Crippen LogP contribution in [0.15, 0.2) is 0 Å². The van der Waals surface area contributed by atoms with E-state index >= 15 is 0 Å². The molecule has 176 valence electrons. The minimum atomic E-state index is -3.89. The molecule has 1 atom stereocenters. The lowest BCUT2D eigenvalue weighted by atomic mass is 10.1. The molecule has 0 aliphatic rings. The van der Waals surface area contributed by atoms with Gasteiger partial charge in [0.1, 0.15) is 13.2 Å². The van der Waals surface area contributed by atoms with Crippen LogP contribution in [-0.2, 0) is 13.6 Å². The van der Waals surface area contributed by atoms with Crippen molar-refractivity contribution < 1.29 is 23.0 Å². The summed E-state index contributed by atoms with van der Waals surface area (Å²) in [6.45, 7) is 3.45. The molecule has 7 heteroatoms. The van der Waals surface area contributed by atoms with E-state index in [4.69, 9.17) is 9.05 Å². The highest BCUT2D eigenvalue weighted by Crippen LogP contribution is 2.43. The summed E-state index contributed by atoms with van der Waals surface area (Å²) in [5.74, 6) is 2.14. The Morgan fingerprint density at radius 2 is 1.17 bits per heavy atom. The Bertz CT molecular complexity index is 405. The number of likely N-dealkylation sites (N-methyl/N-ethyl adjacent to an activating group) is 1. The second-order valence-electron chi connectivity index (χ2n) is 9.00. The molecule has 0 saturated heterocycles. The van der Waals surface area contributed by atoms with Crippen LogP contribution in [-0.4, -0.2) is 61.8 Å². The minimum Gasteiger partial charge on any atom is -0.329 e. The number of rotatable bonds is 22. The minimum absolute atomic E-state index is 0.227. The zero-order valence-corrected chi connectivity index (χ0v) is 21.4. The van der Waals surface area contributed by atoms with Crippen molar-refractivity contribution in [1.29, 1.82) is 0 Å². The van der Waals surface area contributed by atoms with E-state index in [0.717, 1.165) is 12.2 Å². The van der Waals surface area contributed by atoms with Gasteiger partial charge in [-0.15, -0.1) is 0 Å². The predicted molar refractivity (Wildman–Crippen MR) is 128 cm³/mol. The summed E-state index contributed by atoms with van der Waals surface area (Å²) in [7, 11) is 2.15. The number of hydrogen-bond acceptors (Lipinski definition) is 4. The summed E-state index contributed by atoms with van der Waals surface area (Å²) in [4.78, 5) is 9.63. The normalized spacial score (nSPS) is 14.2. The van der Waals surface area contributed by atoms with Gasteiger partial charge < -0.3 is 9.38 Å². The standard InChI is InChI=1S/C22H48NO4PS/c1-5-6-7-8-9-10-11-12-13-14-15-16-21-29-22-17-19-26-28(24,25)27-20-18-23(2,3)4/h5-22H2,1-4H3/p+1.